The molecule has 2 fully saturated rings. The van der Waals surface area contributed by atoms with E-state index in [1.165, 1.54) is 39.2 Å². The van der Waals surface area contributed by atoms with Gasteiger partial charge >= 0.3 is 5.97 Å². The Bertz CT molecular complexity index is 843. The van der Waals surface area contributed by atoms with E-state index >= 15 is 0 Å². The van der Waals surface area contributed by atoms with Crippen LogP contribution in [0.1, 0.15) is 54.6 Å². The van der Waals surface area contributed by atoms with Crippen LogP contribution in [0.2, 0.25) is 0 Å². The molecule has 2 aromatic rings. The van der Waals surface area contributed by atoms with Gasteiger partial charge in [-0.15, -0.1) is 0 Å². The van der Waals surface area contributed by atoms with E-state index in [2.05, 4.69) is 21.7 Å². The number of hydrogen-bond donors (Lipinski definition) is 2. The highest BCUT2D eigenvalue weighted by atomic mass is 16.5. The molecule has 0 unspecified atom stereocenters. The molecule has 0 aromatic carbocycles. The molecular weight excluding hydrogens is 364 g/mol. The minimum atomic E-state index is -0.349. The first-order valence-corrected chi connectivity index (χ1v) is 10.7. The van der Waals surface area contributed by atoms with E-state index in [9.17, 15) is 4.79 Å². The van der Waals surface area contributed by atoms with Crippen molar-refractivity contribution in [3.63, 3.8) is 0 Å². The quantitative estimate of drug-likeness (QED) is 0.726. The van der Waals surface area contributed by atoms with Crippen molar-refractivity contribution in [1.29, 1.82) is 0 Å². The van der Waals surface area contributed by atoms with Crippen molar-refractivity contribution in [3.8, 4) is 11.3 Å². The third-order valence-corrected chi connectivity index (χ3v) is 5.99. The maximum absolute atomic E-state index is 12.2. The standard InChI is InChI=1S/C23H30N4O2/c1-29-23(28)18-13-21(27-22(14-18)26-19-8-9-24-15-19)17-7-10-25-20(12-17)11-16-5-3-2-4-6-16/h7,10,12-14,16,19,24H,2-6,8-9,11,15H2,1H3,(H,26,27)/t19-/m1/s1. The van der Waals surface area contributed by atoms with Crippen LogP contribution >= 0.6 is 0 Å². The fourth-order valence-corrected chi connectivity index (χ4v) is 4.41. The highest BCUT2D eigenvalue weighted by Crippen LogP contribution is 2.28. The first kappa shape index (κ1) is 19.8. The number of pyridine rings is 2. The van der Waals surface area contributed by atoms with E-state index in [1.54, 1.807) is 6.07 Å². The van der Waals surface area contributed by atoms with Crippen LogP contribution in [0.3, 0.4) is 0 Å². The molecular formula is C23H30N4O2. The third-order valence-electron chi connectivity index (χ3n) is 5.99. The minimum absolute atomic E-state index is 0.322. The topological polar surface area (TPSA) is 76.1 Å². The van der Waals surface area contributed by atoms with Gasteiger partial charge in [0.15, 0.2) is 0 Å². The normalized spacial score (nSPS) is 19.8. The maximum atomic E-state index is 12.2. The van der Waals surface area contributed by atoms with Gasteiger partial charge in [0.25, 0.3) is 0 Å². The van der Waals surface area contributed by atoms with Gasteiger partial charge in [0.2, 0.25) is 0 Å². The molecule has 1 saturated carbocycles. The average Bonchev–Trinajstić information content (AvgIpc) is 3.27. The summed E-state index contributed by atoms with van der Waals surface area (Å²) < 4.78 is 4.96. The zero-order chi connectivity index (χ0) is 20.1. The molecule has 1 aliphatic heterocycles. The Hall–Kier alpha value is -2.47. The van der Waals surface area contributed by atoms with Gasteiger partial charge in [-0.05, 0) is 49.6 Å². The van der Waals surface area contributed by atoms with Gasteiger partial charge in [0.1, 0.15) is 5.82 Å². The fraction of sp³-hybridized carbons (Fsp3) is 0.522. The molecule has 0 amide bonds. The second kappa shape index (κ2) is 9.35. The number of hydrogen-bond acceptors (Lipinski definition) is 6. The number of ether oxygens (including phenoxy) is 1. The Balaban J connectivity index is 1.60. The number of aromatic nitrogens is 2. The second-order valence-corrected chi connectivity index (χ2v) is 8.20. The Morgan fingerprint density at radius 3 is 2.83 bits per heavy atom. The molecule has 1 aliphatic carbocycles. The van der Waals surface area contributed by atoms with Crippen LogP contribution in [0.5, 0.6) is 0 Å². The van der Waals surface area contributed by atoms with Gasteiger partial charge in [-0.3, -0.25) is 4.98 Å². The molecule has 0 spiro atoms. The summed E-state index contributed by atoms with van der Waals surface area (Å²) in [4.78, 5) is 21.6. The maximum Gasteiger partial charge on any atom is 0.338 e. The minimum Gasteiger partial charge on any atom is -0.465 e. The van der Waals surface area contributed by atoms with Crippen LogP contribution in [0.15, 0.2) is 30.5 Å². The molecule has 0 bridgehead atoms. The molecule has 4 rings (SSSR count). The summed E-state index contributed by atoms with van der Waals surface area (Å²) in [7, 11) is 1.41. The van der Waals surface area contributed by atoms with Crippen molar-refractivity contribution in [2.45, 2.75) is 51.0 Å². The zero-order valence-electron chi connectivity index (χ0n) is 17.1. The number of carbonyl (C=O) groups excluding carboxylic acids is 1. The second-order valence-electron chi connectivity index (χ2n) is 8.20. The Morgan fingerprint density at radius 1 is 1.21 bits per heavy atom. The molecule has 0 radical (unpaired) electrons. The summed E-state index contributed by atoms with van der Waals surface area (Å²) >= 11 is 0. The number of nitrogens with zero attached hydrogens (tertiary/aromatic N) is 2. The summed E-state index contributed by atoms with van der Waals surface area (Å²) in [5, 5.41) is 6.80. The monoisotopic (exact) mass is 394 g/mol. The van der Waals surface area contributed by atoms with Gasteiger partial charge in [0, 0.05) is 30.0 Å². The van der Waals surface area contributed by atoms with Gasteiger partial charge in [-0.1, -0.05) is 32.1 Å². The molecule has 6 heteroatoms. The van der Waals surface area contributed by atoms with Crippen LogP contribution in [-0.2, 0) is 11.2 Å². The predicted octanol–water partition coefficient (Wildman–Crippen LogP) is 3.83. The van der Waals surface area contributed by atoms with Crippen molar-refractivity contribution < 1.29 is 9.53 Å². The van der Waals surface area contributed by atoms with Gasteiger partial charge in [-0.2, -0.15) is 0 Å². The molecule has 6 nitrogen and oxygen atoms in total. The lowest BCUT2D eigenvalue weighted by atomic mass is 9.86. The molecule has 154 valence electrons. The summed E-state index contributed by atoms with van der Waals surface area (Å²) in [5.41, 5.74) is 3.38. The first-order valence-electron chi connectivity index (χ1n) is 10.7. The van der Waals surface area contributed by atoms with Crippen LogP contribution in [0.25, 0.3) is 11.3 Å². The van der Waals surface area contributed by atoms with E-state index in [1.807, 2.05) is 18.3 Å². The highest BCUT2D eigenvalue weighted by molar-refractivity contribution is 5.91. The number of esters is 1. The molecule has 29 heavy (non-hydrogen) atoms. The van der Waals surface area contributed by atoms with Gasteiger partial charge in [0.05, 0.1) is 18.4 Å². The van der Waals surface area contributed by atoms with E-state index < -0.39 is 0 Å². The summed E-state index contributed by atoms with van der Waals surface area (Å²) in [6.45, 7) is 1.90. The van der Waals surface area contributed by atoms with Crippen LogP contribution < -0.4 is 10.6 Å². The lowest BCUT2D eigenvalue weighted by molar-refractivity contribution is 0.0600. The fourth-order valence-electron chi connectivity index (χ4n) is 4.41. The largest absolute Gasteiger partial charge is 0.465 e. The smallest absolute Gasteiger partial charge is 0.338 e. The number of carbonyl (C=O) groups is 1. The van der Waals surface area contributed by atoms with Crippen LogP contribution in [-0.4, -0.2) is 42.2 Å². The van der Waals surface area contributed by atoms with Crippen molar-refractivity contribution in [2.24, 2.45) is 5.92 Å². The molecule has 3 heterocycles. The number of anilines is 1. The summed E-state index contributed by atoms with van der Waals surface area (Å²) in [6, 6.07) is 8.00. The number of rotatable bonds is 6. The number of methoxy groups -OCH3 is 1. The molecule has 2 N–H and O–H groups in total. The van der Waals surface area contributed by atoms with E-state index in [0.29, 0.717) is 17.4 Å². The van der Waals surface area contributed by atoms with E-state index in [-0.39, 0.29) is 5.97 Å². The lowest BCUT2D eigenvalue weighted by Crippen LogP contribution is -2.23. The summed E-state index contributed by atoms with van der Waals surface area (Å²) in [6.07, 6.45) is 10.5. The lowest BCUT2D eigenvalue weighted by Gasteiger charge is -2.21. The van der Waals surface area contributed by atoms with Crippen molar-refractivity contribution >= 4 is 11.8 Å². The van der Waals surface area contributed by atoms with E-state index in [0.717, 1.165) is 48.8 Å². The van der Waals surface area contributed by atoms with Crippen molar-refractivity contribution in [3.05, 3.63) is 41.7 Å². The third kappa shape index (κ3) is 5.12. The van der Waals surface area contributed by atoms with Gasteiger partial charge in [-0.25, -0.2) is 9.78 Å². The highest BCUT2D eigenvalue weighted by Gasteiger charge is 2.18. The molecule has 2 aliphatic rings. The van der Waals surface area contributed by atoms with Gasteiger partial charge < -0.3 is 15.4 Å². The van der Waals surface area contributed by atoms with Crippen LogP contribution in [0, 0.1) is 5.92 Å². The van der Waals surface area contributed by atoms with E-state index in [4.69, 9.17) is 9.72 Å². The molecule has 2 aromatic heterocycles. The molecule has 1 atom stereocenters. The van der Waals surface area contributed by atoms with Crippen molar-refractivity contribution in [1.82, 2.24) is 15.3 Å². The summed E-state index contributed by atoms with van der Waals surface area (Å²) in [5.74, 6) is 1.09. The SMILES string of the molecule is COC(=O)c1cc(N[C@@H]2CCNC2)nc(-c2ccnc(CC3CCCCC3)c2)c1. The Labute approximate surface area is 172 Å². The Morgan fingerprint density at radius 2 is 2.07 bits per heavy atom. The zero-order valence-corrected chi connectivity index (χ0v) is 17.1. The first-order chi connectivity index (χ1) is 14.2. The predicted molar refractivity (Wildman–Crippen MR) is 114 cm³/mol. The average molecular weight is 395 g/mol. The van der Waals surface area contributed by atoms with Crippen LogP contribution in [0.4, 0.5) is 5.82 Å². The molecule has 1 saturated heterocycles. The number of nitrogens with one attached hydrogen (secondary N) is 2. The Kier molecular flexibility index (Phi) is 6.39. The van der Waals surface area contributed by atoms with Crippen molar-refractivity contribution in [2.75, 3.05) is 25.5 Å².